The van der Waals surface area contributed by atoms with Crippen LogP contribution in [0.5, 0.6) is 0 Å². The Kier molecular flexibility index (Phi) is 5.17. The highest BCUT2D eigenvalue weighted by Gasteiger charge is 2.21. The third-order valence-electron chi connectivity index (χ3n) is 2.84. The average Bonchev–Trinajstić information content (AvgIpc) is 2.72. The van der Waals surface area contributed by atoms with E-state index in [1.54, 1.807) is 0 Å². The largest absolute Gasteiger partial charge is 0.300 e. The normalized spacial score (nSPS) is 14.2. The Bertz CT molecular complexity index is 377. The summed E-state index contributed by atoms with van der Waals surface area (Å²) in [6, 6.07) is 2.36. The van der Waals surface area contributed by atoms with Gasteiger partial charge < -0.3 is 0 Å². The minimum Gasteiger partial charge on any atom is -0.300 e. The van der Waals surface area contributed by atoms with Crippen LogP contribution in [0.2, 0.25) is 0 Å². The van der Waals surface area contributed by atoms with Gasteiger partial charge in [0.1, 0.15) is 5.54 Å². The predicted octanol–water partition coefficient (Wildman–Crippen LogP) is 2.25. The molecule has 0 fully saturated rings. The highest BCUT2D eigenvalue weighted by Crippen LogP contribution is 2.12. The van der Waals surface area contributed by atoms with Crippen LogP contribution < -0.4 is 5.32 Å². The van der Waals surface area contributed by atoms with Crippen LogP contribution in [0.15, 0.2) is 12.4 Å². The zero-order valence-corrected chi connectivity index (χ0v) is 11.0. The topological polar surface area (TPSA) is 53.6 Å². The van der Waals surface area contributed by atoms with Crippen LogP contribution in [0.25, 0.3) is 0 Å². The Morgan fingerprint density at radius 2 is 2.35 bits per heavy atom. The quantitative estimate of drug-likeness (QED) is 0.787. The summed E-state index contributed by atoms with van der Waals surface area (Å²) in [5.74, 6) is 0. The van der Waals surface area contributed by atoms with E-state index in [1.165, 1.54) is 5.56 Å². The molecular weight excluding hydrogens is 212 g/mol. The maximum absolute atomic E-state index is 9.18. The average molecular weight is 234 g/mol. The molecule has 0 aliphatic rings. The minimum atomic E-state index is -0.405. The second kappa shape index (κ2) is 6.41. The molecule has 0 amide bonds. The van der Waals surface area contributed by atoms with Crippen LogP contribution >= 0.6 is 0 Å². The van der Waals surface area contributed by atoms with Crippen molar-refractivity contribution < 1.29 is 0 Å². The van der Waals surface area contributed by atoms with E-state index >= 15 is 0 Å². The van der Waals surface area contributed by atoms with E-state index in [-0.39, 0.29) is 0 Å². The van der Waals surface area contributed by atoms with E-state index < -0.39 is 5.54 Å². The first-order chi connectivity index (χ1) is 8.09. The summed E-state index contributed by atoms with van der Waals surface area (Å²) in [6.45, 7) is 7.88. The fraction of sp³-hybridized carbons (Fsp3) is 0.692. The molecule has 1 rings (SSSR count). The van der Waals surface area contributed by atoms with Gasteiger partial charge in [0.2, 0.25) is 0 Å². The molecule has 0 aromatic carbocycles. The number of nitrogens with zero attached hydrogens (tertiary/aromatic N) is 3. The molecule has 4 nitrogen and oxygen atoms in total. The maximum Gasteiger partial charge on any atom is 0.103 e. The molecule has 0 spiro atoms. The van der Waals surface area contributed by atoms with Gasteiger partial charge >= 0.3 is 0 Å². The summed E-state index contributed by atoms with van der Waals surface area (Å²) in [7, 11) is 0. The van der Waals surface area contributed by atoms with Gasteiger partial charge in [-0.3, -0.25) is 10.00 Å². The standard InChI is InChI=1S/C13H22N4/c1-4-7-15-13(3,11-14)6-5-8-17-10-12(2)9-16-17/h9-10,15H,4-8H2,1-3H3. The molecule has 0 radical (unpaired) electrons. The van der Waals surface area contributed by atoms with Crippen molar-refractivity contribution in [3.8, 4) is 6.07 Å². The number of rotatable bonds is 7. The van der Waals surface area contributed by atoms with Crippen LogP contribution in [0.3, 0.4) is 0 Å². The van der Waals surface area contributed by atoms with Gasteiger partial charge in [-0.25, -0.2) is 0 Å². The lowest BCUT2D eigenvalue weighted by Gasteiger charge is -2.22. The van der Waals surface area contributed by atoms with Gasteiger partial charge in [-0.2, -0.15) is 10.4 Å². The van der Waals surface area contributed by atoms with E-state index in [2.05, 4.69) is 23.4 Å². The molecule has 0 saturated carbocycles. The maximum atomic E-state index is 9.18. The molecule has 0 aliphatic carbocycles. The fourth-order valence-electron chi connectivity index (χ4n) is 1.77. The molecule has 94 valence electrons. The molecule has 17 heavy (non-hydrogen) atoms. The summed E-state index contributed by atoms with van der Waals surface area (Å²) < 4.78 is 1.94. The van der Waals surface area contributed by atoms with Crippen molar-refractivity contribution in [1.82, 2.24) is 15.1 Å². The molecule has 4 heteroatoms. The molecule has 1 N–H and O–H groups in total. The Balaban J connectivity index is 2.35. The Hall–Kier alpha value is -1.34. The summed E-state index contributed by atoms with van der Waals surface area (Å²) in [5, 5.41) is 16.7. The van der Waals surface area contributed by atoms with Crippen molar-refractivity contribution in [2.24, 2.45) is 0 Å². The van der Waals surface area contributed by atoms with Gasteiger partial charge in [-0.1, -0.05) is 6.92 Å². The smallest absolute Gasteiger partial charge is 0.103 e. The van der Waals surface area contributed by atoms with Gasteiger partial charge in [-0.15, -0.1) is 0 Å². The van der Waals surface area contributed by atoms with E-state index in [0.717, 1.165) is 32.4 Å². The molecule has 1 aromatic heterocycles. The lowest BCUT2D eigenvalue weighted by molar-refractivity contribution is 0.389. The zero-order chi connectivity index (χ0) is 12.7. The van der Waals surface area contributed by atoms with Gasteiger partial charge in [0.25, 0.3) is 0 Å². The Labute approximate surface area is 104 Å². The third-order valence-corrected chi connectivity index (χ3v) is 2.84. The van der Waals surface area contributed by atoms with Crippen LogP contribution in [0.4, 0.5) is 0 Å². The van der Waals surface area contributed by atoms with Crippen molar-refractivity contribution in [2.45, 2.75) is 52.1 Å². The summed E-state index contributed by atoms with van der Waals surface area (Å²) in [5.41, 5.74) is 0.773. The van der Waals surface area contributed by atoms with Crippen LogP contribution in [-0.2, 0) is 6.54 Å². The molecule has 0 aliphatic heterocycles. The minimum absolute atomic E-state index is 0.405. The Morgan fingerprint density at radius 3 is 2.88 bits per heavy atom. The first-order valence-electron chi connectivity index (χ1n) is 6.25. The van der Waals surface area contributed by atoms with Gasteiger partial charge in [0.15, 0.2) is 0 Å². The van der Waals surface area contributed by atoms with Crippen molar-refractivity contribution in [1.29, 1.82) is 5.26 Å². The van der Waals surface area contributed by atoms with Gasteiger partial charge in [-0.05, 0) is 45.2 Å². The third kappa shape index (κ3) is 4.58. The van der Waals surface area contributed by atoms with Crippen molar-refractivity contribution in [3.05, 3.63) is 18.0 Å². The fourth-order valence-corrected chi connectivity index (χ4v) is 1.77. The number of aromatic nitrogens is 2. The number of nitriles is 1. The second-order valence-electron chi connectivity index (χ2n) is 4.75. The van der Waals surface area contributed by atoms with Crippen molar-refractivity contribution in [3.63, 3.8) is 0 Å². The van der Waals surface area contributed by atoms with E-state index in [4.69, 9.17) is 0 Å². The number of aryl methyl sites for hydroxylation is 2. The first-order valence-corrected chi connectivity index (χ1v) is 6.25. The van der Waals surface area contributed by atoms with Gasteiger partial charge in [0, 0.05) is 12.7 Å². The highest BCUT2D eigenvalue weighted by atomic mass is 15.3. The van der Waals surface area contributed by atoms with Crippen LogP contribution in [0.1, 0.15) is 38.7 Å². The van der Waals surface area contributed by atoms with Crippen molar-refractivity contribution >= 4 is 0 Å². The number of nitrogens with one attached hydrogen (secondary N) is 1. The molecular formula is C13H22N4. The lowest BCUT2D eigenvalue weighted by Crippen LogP contribution is -2.41. The van der Waals surface area contributed by atoms with Crippen molar-refractivity contribution in [2.75, 3.05) is 6.54 Å². The molecule has 1 heterocycles. The highest BCUT2D eigenvalue weighted by molar-refractivity contribution is 5.03. The van der Waals surface area contributed by atoms with E-state index in [0.29, 0.717) is 0 Å². The molecule has 1 unspecified atom stereocenters. The number of hydrogen-bond acceptors (Lipinski definition) is 3. The monoisotopic (exact) mass is 234 g/mol. The SMILES string of the molecule is CCCNC(C)(C#N)CCCn1cc(C)cn1. The van der Waals surface area contributed by atoms with E-state index in [1.807, 2.05) is 30.9 Å². The molecule has 1 aromatic rings. The summed E-state index contributed by atoms with van der Waals surface area (Å²) in [4.78, 5) is 0. The number of hydrogen-bond donors (Lipinski definition) is 1. The van der Waals surface area contributed by atoms with E-state index in [9.17, 15) is 5.26 Å². The summed E-state index contributed by atoms with van der Waals surface area (Å²) >= 11 is 0. The second-order valence-corrected chi connectivity index (χ2v) is 4.75. The molecule has 0 saturated heterocycles. The van der Waals surface area contributed by atoms with Crippen LogP contribution in [0, 0.1) is 18.3 Å². The lowest BCUT2D eigenvalue weighted by atomic mass is 9.97. The van der Waals surface area contributed by atoms with Crippen LogP contribution in [-0.4, -0.2) is 21.9 Å². The first kappa shape index (κ1) is 13.7. The predicted molar refractivity (Wildman–Crippen MR) is 68.5 cm³/mol. The molecule has 1 atom stereocenters. The zero-order valence-electron chi connectivity index (χ0n) is 11.0. The van der Waals surface area contributed by atoms with Gasteiger partial charge in [0.05, 0.1) is 12.3 Å². The molecule has 0 bridgehead atoms. The Morgan fingerprint density at radius 1 is 1.59 bits per heavy atom. The summed E-state index contributed by atoms with van der Waals surface area (Å²) in [6.07, 6.45) is 6.75.